The van der Waals surface area contributed by atoms with E-state index in [0.717, 1.165) is 13.0 Å². The van der Waals surface area contributed by atoms with Gasteiger partial charge in [-0.2, -0.15) is 0 Å². The molecule has 0 N–H and O–H groups in total. The molecular weight excluding hydrogens is 519 g/mol. The molecule has 0 fully saturated rings. The summed E-state index contributed by atoms with van der Waals surface area (Å²) in [5.41, 5.74) is 0. The molecule has 11 nitrogen and oxygen atoms in total. The Balaban J connectivity index is 3.03. The lowest BCUT2D eigenvalue weighted by atomic mass is 10.1. The quantitative estimate of drug-likeness (QED) is 0.104. The van der Waals surface area contributed by atoms with E-state index >= 15 is 0 Å². The van der Waals surface area contributed by atoms with Gasteiger partial charge in [0.2, 0.25) is 0 Å². The van der Waals surface area contributed by atoms with Gasteiger partial charge in [-0.1, -0.05) is 20.3 Å². The average molecular weight is 575 g/mol. The van der Waals surface area contributed by atoms with E-state index in [1.807, 2.05) is 0 Å². The van der Waals surface area contributed by atoms with Gasteiger partial charge in [-0.15, -0.1) is 0 Å². The van der Waals surface area contributed by atoms with Crippen LogP contribution in [-0.4, -0.2) is 152 Å². The molecular formula is C27H55FO11. The monoisotopic (exact) mass is 574 g/mol. The smallest absolute Gasteiger partial charge is 0.113 e. The molecule has 0 saturated carbocycles. The summed E-state index contributed by atoms with van der Waals surface area (Å²) in [6.45, 7) is 15.0. The van der Waals surface area contributed by atoms with Crippen molar-refractivity contribution in [1.82, 2.24) is 0 Å². The number of hydrogen-bond acceptors (Lipinski definition) is 11. The van der Waals surface area contributed by atoms with Crippen LogP contribution < -0.4 is 0 Å². The highest BCUT2D eigenvalue weighted by Crippen LogP contribution is 2.00. The highest BCUT2D eigenvalue weighted by molar-refractivity contribution is 4.46. The second-order valence-corrected chi connectivity index (χ2v) is 8.40. The van der Waals surface area contributed by atoms with E-state index in [-0.39, 0.29) is 6.61 Å². The molecule has 0 aromatic rings. The van der Waals surface area contributed by atoms with E-state index in [1.165, 1.54) is 0 Å². The Morgan fingerprint density at radius 2 is 0.564 bits per heavy atom. The van der Waals surface area contributed by atoms with Crippen molar-refractivity contribution in [2.24, 2.45) is 5.92 Å². The Hall–Kier alpha value is -0.510. The first-order valence-corrected chi connectivity index (χ1v) is 14.2. The van der Waals surface area contributed by atoms with Crippen LogP contribution >= 0.6 is 0 Å². The number of rotatable bonds is 35. The molecule has 236 valence electrons. The van der Waals surface area contributed by atoms with Crippen LogP contribution in [0, 0.1) is 5.92 Å². The minimum absolute atomic E-state index is 0.116. The van der Waals surface area contributed by atoms with Crippen molar-refractivity contribution < 1.29 is 56.5 Å². The van der Waals surface area contributed by atoms with Gasteiger partial charge < -0.3 is 52.1 Å². The summed E-state index contributed by atoms with van der Waals surface area (Å²) in [7, 11) is 0. The van der Waals surface area contributed by atoms with Gasteiger partial charge in [0.1, 0.15) is 6.67 Å². The predicted octanol–water partition coefficient (Wildman–Crippen LogP) is 2.18. The average Bonchev–Trinajstić information content (AvgIpc) is 2.95. The predicted molar refractivity (Wildman–Crippen MR) is 144 cm³/mol. The summed E-state index contributed by atoms with van der Waals surface area (Å²) in [6.07, 6.45) is 1.13. The number of alkyl halides is 1. The van der Waals surface area contributed by atoms with E-state index in [9.17, 15) is 4.39 Å². The molecule has 0 radical (unpaired) electrons. The standard InChI is InChI=1S/C27H55FO11/c1-3-27(2)26-39-25-24-38-23-22-37-21-20-36-19-18-35-17-16-34-15-14-33-13-12-32-11-10-31-9-8-30-7-6-29-5-4-28/h27H,3-26H2,1-2H3. The third kappa shape index (κ3) is 35.5. The highest BCUT2D eigenvalue weighted by atomic mass is 19.1. The van der Waals surface area contributed by atoms with Crippen molar-refractivity contribution in [2.45, 2.75) is 20.3 Å². The van der Waals surface area contributed by atoms with Gasteiger partial charge in [0, 0.05) is 6.61 Å². The van der Waals surface area contributed by atoms with Crippen molar-refractivity contribution >= 4 is 0 Å². The fourth-order valence-electron chi connectivity index (χ4n) is 2.66. The van der Waals surface area contributed by atoms with Crippen LogP contribution in [-0.2, 0) is 52.1 Å². The second-order valence-electron chi connectivity index (χ2n) is 8.40. The summed E-state index contributed by atoms with van der Waals surface area (Å²) in [4.78, 5) is 0. The lowest BCUT2D eigenvalue weighted by Gasteiger charge is -2.10. The summed E-state index contributed by atoms with van der Waals surface area (Å²) >= 11 is 0. The maximum Gasteiger partial charge on any atom is 0.113 e. The maximum absolute atomic E-state index is 11.8. The lowest BCUT2D eigenvalue weighted by Crippen LogP contribution is -2.15. The van der Waals surface area contributed by atoms with Crippen molar-refractivity contribution in [2.75, 3.05) is 152 Å². The van der Waals surface area contributed by atoms with Crippen molar-refractivity contribution in [3.05, 3.63) is 0 Å². The number of ether oxygens (including phenoxy) is 11. The van der Waals surface area contributed by atoms with Gasteiger partial charge in [-0.3, -0.25) is 0 Å². The third-order valence-electron chi connectivity index (χ3n) is 5.04. The summed E-state index contributed by atoms with van der Waals surface area (Å²) in [5, 5.41) is 0. The zero-order valence-electron chi connectivity index (χ0n) is 24.4. The first-order valence-electron chi connectivity index (χ1n) is 14.2. The van der Waals surface area contributed by atoms with Gasteiger partial charge >= 0.3 is 0 Å². The maximum atomic E-state index is 11.8. The largest absolute Gasteiger partial charge is 0.379 e. The Bertz CT molecular complexity index is 439. The fourth-order valence-corrected chi connectivity index (χ4v) is 2.66. The van der Waals surface area contributed by atoms with Crippen LogP contribution in [0.15, 0.2) is 0 Å². The topological polar surface area (TPSA) is 102 Å². The van der Waals surface area contributed by atoms with Crippen LogP contribution in [0.1, 0.15) is 20.3 Å². The molecule has 0 aromatic heterocycles. The third-order valence-corrected chi connectivity index (χ3v) is 5.04. The number of halogens is 1. The van der Waals surface area contributed by atoms with Gasteiger partial charge in [0.15, 0.2) is 0 Å². The first-order chi connectivity index (χ1) is 19.3. The van der Waals surface area contributed by atoms with Gasteiger partial charge in [-0.05, 0) is 5.92 Å². The van der Waals surface area contributed by atoms with E-state index in [0.29, 0.717) is 138 Å². The minimum atomic E-state index is -0.472. The summed E-state index contributed by atoms with van der Waals surface area (Å²) < 4.78 is 71.1. The molecule has 1 atom stereocenters. The van der Waals surface area contributed by atoms with Crippen LogP contribution in [0.3, 0.4) is 0 Å². The molecule has 0 rings (SSSR count). The molecule has 0 saturated heterocycles. The molecule has 39 heavy (non-hydrogen) atoms. The summed E-state index contributed by atoms with van der Waals surface area (Å²) in [6, 6.07) is 0. The van der Waals surface area contributed by atoms with Crippen molar-refractivity contribution in [1.29, 1.82) is 0 Å². The zero-order chi connectivity index (χ0) is 28.3. The highest BCUT2D eigenvalue weighted by Gasteiger charge is 1.98. The Kier molecular flexibility index (Phi) is 35.1. The molecule has 0 aliphatic carbocycles. The van der Waals surface area contributed by atoms with Crippen LogP contribution in [0.4, 0.5) is 4.39 Å². The van der Waals surface area contributed by atoms with Gasteiger partial charge in [0.05, 0.1) is 139 Å². The molecule has 0 aliphatic rings. The SMILES string of the molecule is CCC(C)COCCOCCOCCOCCOCCOCCOCCOCCOCCOCCOCCF. The lowest BCUT2D eigenvalue weighted by molar-refractivity contribution is -0.0279. The van der Waals surface area contributed by atoms with E-state index in [2.05, 4.69) is 13.8 Å². The van der Waals surface area contributed by atoms with Crippen LogP contribution in [0.25, 0.3) is 0 Å². The van der Waals surface area contributed by atoms with Crippen molar-refractivity contribution in [3.63, 3.8) is 0 Å². The fraction of sp³-hybridized carbons (Fsp3) is 1.00. The van der Waals surface area contributed by atoms with E-state index in [1.54, 1.807) is 0 Å². The molecule has 0 heterocycles. The molecule has 0 amide bonds. The Morgan fingerprint density at radius 1 is 0.359 bits per heavy atom. The minimum Gasteiger partial charge on any atom is -0.379 e. The second kappa shape index (κ2) is 35.5. The Morgan fingerprint density at radius 3 is 0.769 bits per heavy atom. The first kappa shape index (κ1) is 38.5. The van der Waals surface area contributed by atoms with E-state index < -0.39 is 6.67 Å². The summed E-state index contributed by atoms with van der Waals surface area (Å²) in [5.74, 6) is 0.597. The van der Waals surface area contributed by atoms with Gasteiger partial charge in [-0.25, -0.2) is 4.39 Å². The molecule has 0 aromatic carbocycles. The van der Waals surface area contributed by atoms with Crippen LogP contribution in [0.2, 0.25) is 0 Å². The molecule has 1 unspecified atom stereocenters. The van der Waals surface area contributed by atoms with Gasteiger partial charge in [0.25, 0.3) is 0 Å². The van der Waals surface area contributed by atoms with E-state index in [4.69, 9.17) is 52.1 Å². The molecule has 12 heteroatoms. The normalized spacial score (nSPS) is 12.4. The van der Waals surface area contributed by atoms with Crippen molar-refractivity contribution in [3.8, 4) is 0 Å². The zero-order valence-corrected chi connectivity index (χ0v) is 24.4. The molecule has 0 spiro atoms. The Labute approximate surface area is 235 Å². The molecule has 0 aliphatic heterocycles. The number of hydrogen-bond donors (Lipinski definition) is 0. The van der Waals surface area contributed by atoms with Crippen LogP contribution in [0.5, 0.6) is 0 Å². The molecule has 0 bridgehead atoms.